The normalized spacial score (nSPS) is 17.1. The molecule has 1 aliphatic rings. The van der Waals surface area contributed by atoms with Crippen molar-refractivity contribution in [2.45, 2.75) is 25.9 Å². The number of nitrogens with zero attached hydrogens (tertiary/aromatic N) is 4. The number of ketones is 1. The Bertz CT molecular complexity index is 896. The van der Waals surface area contributed by atoms with Crippen LogP contribution in [0.5, 0.6) is 0 Å². The molecule has 3 aromatic rings. The molecule has 6 heteroatoms. The third-order valence-electron chi connectivity index (χ3n) is 5.41. The number of benzene rings is 1. The largest absolute Gasteiger partial charge is 0.298 e. The number of imidazole rings is 1. The van der Waals surface area contributed by atoms with E-state index in [1.54, 1.807) is 17.5 Å². The van der Waals surface area contributed by atoms with E-state index < -0.39 is 0 Å². The summed E-state index contributed by atoms with van der Waals surface area (Å²) >= 11 is 1.61. The minimum atomic E-state index is -0.309. The van der Waals surface area contributed by atoms with E-state index in [1.807, 2.05) is 46.5 Å². The third kappa shape index (κ3) is 3.81. The van der Waals surface area contributed by atoms with E-state index in [2.05, 4.69) is 40.8 Å². The molecule has 4 rings (SSSR count). The minimum Gasteiger partial charge on any atom is -0.298 e. The molecule has 1 saturated heterocycles. The number of thiophene rings is 1. The van der Waals surface area contributed by atoms with E-state index in [-0.39, 0.29) is 11.8 Å². The molecule has 1 aromatic carbocycles. The van der Waals surface area contributed by atoms with Gasteiger partial charge < -0.3 is 0 Å². The number of aromatic nitrogens is 2. The monoisotopic (exact) mass is 394 g/mol. The summed E-state index contributed by atoms with van der Waals surface area (Å²) in [6.45, 7) is 8.17. The average molecular weight is 395 g/mol. The van der Waals surface area contributed by atoms with Crippen LogP contribution in [-0.4, -0.2) is 57.4 Å². The molecule has 1 fully saturated rings. The highest BCUT2D eigenvalue weighted by Crippen LogP contribution is 2.28. The molecule has 3 heterocycles. The van der Waals surface area contributed by atoms with Crippen LogP contribution in [0.25, 0.3) is 5.00 Å². The Morgan fingerprint density at radius 3 is 2.36 bits per heavy atom. The zero-order valence-electron chi connectivity index (χ0n) is 16.4. The molecular formula is C22H26N4OS. The van der Waals surface area contributed by atoms with Crippen LogP contribution in [0.15, 0.2) is 60.2 Å². The molecule has 2 aromatic heterocycles. The van der Waals surface area contributed by atoms with Crippen LogP contribution in [0.1, 0.15) is 36.1 Å². The van der Waals surface area contributed by atoms with Crippen molar-refractivity contribution >= 4 is 17.1 Å². The second-order valence-corrected chi connectivity index (χ2v) is 8.34. The van der Waals surface area contributed by atoms with E-state index >= 15 is 0 Å². The Hall–Kier alpha value is -2.28. The van der Waals surface area contributed by atoms with Gasteiger partial charge in [0.1, 0.15) is 11.0 Å². The van der Waals surface area contributed by atoms with Gasteiger partial charge >= 0.3 is 0 Å². The molecule has 5 nitrogen and oxygen atoms in total. The van der Waals surface area contributed by atoms with Gasteiger partial charge in [0.25, 0.3) is 0 Å². The molecule has 1 atom stereocenters. The van der Waals surface area contributed by atoms with Gasteiger partial charge in [-0.05, 0) is 36.9 Å². The number of hydrogen-bond donors (Lipinski definition) is 0. The Morgan fingerprint density at radius 1 is 1.00 bits per heavy atom. The van der Waals surface area contributed by atoms with Crippen molar-refractivity contribution < 1.29 is 4.79 Å². The molecule has 0 amide bonds. The molecule has 0 spiro atoms. The number of carbonyl (C=O) groups excluding carboxylic acids is 1. The Balaban J connectivity index is 1.66. The fraction of sp³-hybridized carbons (Fsp3) is 0.364. The summed E-state index contributed by atoms with van der Waals surface area (Å²) in [5.74, 6) is 0.560. The summed E-state index contributed by atoms with van der Waals surface area (Å²) in [4.78, 5) is 22.9. The first-order valence-electron chi connectivity index (χ1n) is 9.79. The van der Waals surface area contributed by atoms with Crippen LogP contribution in [0.2, 0.25) is 0 Å². The second kappa shape index (κ2) is 8.39. The molecule has 0 aliphatic carbocycles. The average Bonchev–Trinajstić information content (AvgIpc) is 3.41. The lowest BCUT2D eigenvalue weighted by atomic mass is 9.99. The maximum absolute atomic E-state index is 13.7. The summed E-state index contributed by atoms with van der Waals surface area (Å²) in [5.41, 5.74) is 1.03. The van der Waals surface area contributed by atoms with Crippen molar-refractivity contribution in [3.8, 4) is 5.00 Å². The van der Waals surface area contributed by atoms with Gasteiger partial charge in [-0.1, -0.05) is 30.3 Å². The van der Waals surface area contributed by atoms with E-state index in [1.165, 1.54) is 0 Å². The summed E-state index contributed by atoms with van der Waals surface area (Å²) < 4.78 is 1.91. The van der Waals surface area contributed by atoms with Crippen molar-refractivity contribution in [1.29, 1.82) is 0 Å². The Morgan fingerprint density at radius 2 is 1.71 bits per heavy atom. The fourth-order valence-corrected chi connectivity index (χ4v) is 4.58. The third-order valence-corrected chi connectivity index (χ3v) is 6.28. The van der Waals surface area contributed by atoms with Gasteiger partial charge in [-0.3, -0.25) is 19.2 Å². The molecule has 0 unspecified atom stereocenters. The molecule has 146 valence electrons. The number of rotatable bonds is 6. The predicted molar refractivity (Wildman–Crippen MR) is 113 cm³/mol. The van der Waals surface area contributed by atoms with Crippen molar-refractivity contribution in [3.05, 3.63) is 71.6 Å². The van der Waals surface area contributed by atoms with Gasteiger partial charge in [-0.15, -0.1) is 11.3 Å². The van der Waals surface area contributed by atoms with Crippen molar-refractivity contribution in [2.75, 3.05) is 26.2 Å². The highest BCUT2D eigenvalue weighted by atomic mass is 32.1. The summed E-state index contributed by atoms with van der Waals surface area (Å²) in [6.07, 6.45) is 3.59. The van der Waals surface area contributed by atoms with Crippen molar-refractivity contribution in [1.82, 2.24) is 19.4 Å². The number of hydrogen-bond acceptors (Lipinski definition) is 5. The predicted octanol–water partition coefficient (Wildman–Crippen LogP) is 3.88. The molecule has 1 aliphatic heterocycles. The number of Topliss-reactive ketones (excluding diaryl/α,β-unsaturated/α-hetero) is 1. The lowest BCUT2D eigenvalue weighted by Gasteiger charge is -2.40. The molecule has 0 saturated carbocycles. The molecular weight excluding hydrogens is 368 g/mol. The van der Waals surface area contributed by atoms with Gasteiger partial charge in [0.15, 0.2) is 5.82 Å². The van der Waals surface area contributed by atoms with E-state index in [9.17, 15) is 4.79 Å². The SMILES string of the molecule is CC(C)N1CCN([C@H](C(=O)c2nccn2-c2cccs2)c2ccccc2)CC1. The summed E-state index contributed by atoms with van der Waals surface area (Å²) in [7, 11) is 0. The highest BCUT2D eigenvalue weighted by molar-refractivity contribution is 7.12. The Labute approximate surface area is 170 Å². The van der Waals surface area contributed by atoms with Crippen LogP contribution in [0.4, 0.5) is 0 Å². The Kier molecular flexibility index (Phi) is 5.71. The van der Waals surface area contributed by atoms with E-state index in [4.69, 9.17) is 0 Å². The van der Waals surface area contributed by atoms with Gasteiger partial charge in [0.05, 0.1) is 0 Å². The topological polar surface area (TPSA) is 41.4 Å². The maximum Gasteiger partial charge on any atom is 0.220 e. The van der Waals surface area contributed by atoms with Crippen LogP contribution in [-0.2, 0) is 0 Å². The first kappa shape index (κ1) is 19.1. The molecule has 0 bridgehead atoms. The zero-order valence-corrected chi connectivity index (χ0v) is 17.2. The van der Waals surface area contributed by atoms with Crippen LogP contribution >= 0.6 is 11.3 Å². The highest BCUT2D eigenvalue weighted by Gasteiger charge is 2.33. The minimum absolute atomic E-state index is 0.0580. The van der Waals surface area contributed by atoms with Crippen LogP contribution < -0.4 is 0 Å². The quantitative estimate of drug-likeness (QED) is 0.595. The molecule has 0 N–H and O–H groups in total. The van der Waals surface area contributed by atoms with Gasteiger partial charge in [-0.2, -0.15) is 0 Å². The van der Waals surface area contributed by atoms with Gasteiger partial charge in [-0.25, -0.2) is 4.98 Å². The smallest absolute Gasteiger partial charge is 0.220 e. The van der Waals surface area contributed by atoms with Crippen molar-refractivity contribution in [3.63, 3.8) is 0 Å². The molecule has 28 heavy (non-hydrogen) atoms. The van der Waals surface area contributed by atoms with Crippen LogP contribution in [0, 0.1) is 0 Å². The van der Waals surface area contributed by atoms with Gasteiger partial charge in [0.2, 0.25) is 5.78 Å². The lowest BCUT2D eigenvalue weighted by molar-refractivity contribution is 0.0591. The summed E-state index contributed by atoms with van der Waals surface area (Å²) in [5, 5.41) is 3.03. The second-order valence-electron chi connectivity index (χ2n) is 7.42. The number of piperazine rings is 1. The van der Waals surface area contributed by atoms with Crippen molar-refractivity contribution in [2.24, 2.45) is 0 Å². The number of carbonyl (C=O) groups is 1. The molecule has 0 radical (unpaired) electrons. The fourth-order valence-electron chi connectivity index (χ4n) is 3.87. The van der Waals surface area contributed by atoms with Crippen LogP contribution in [0.3, 0.4) is 0 Å². The van der Waals surface area contributed by atoms with Gasteiger partial charge in [0, 0.05) is 44.6 Å². The lowest BCUT2D eigenvalue weighted by Crippen LogP contribution is -2.51. The summed E-state index contributed by atoms with van der Waals surface area (Å²) in [6, 6.07) is 14.3. The zero-order chi connectivity index (χ0) is 19.5. The van der Waals surface area contributed by atoms with E-state index in [0.29, 0.717) is 11.9 Å². The standard InChI is InChI=1S/C22H26N4OS/c1-17(2)24-12-14-25(15-13-24)20(18-7-4-3-5-8-18)21(27)22-23-10-11-26(22)19-9-6-16-28-19/h3-11,16-17,20H,12-15H2,1-2H3/t20-/m0/s1. The van der Waals surface area contributed by atoms with E-state index in [0.717, 1.165) is 36.7 Å². The maximum atomic E-state index is 13.7. The first-order valence-corrected chi connectivity index (χ1v) is 10.7. The first-order chi connectivity index (χ1) is 13.6.